The van der Waals surface area contributed by atoms with Crippen LogP contribution in [0.2, 0.25) is 0 Å². The first-order chi connectivity index (χ1) is 21.3. The summed E-state index contributed by atoms with van der Waals surface area (Å²) >= 11 is 0. The maximum absolute atomic E-state index is 5.42. The standard InChI is InChI=1S/C21H12NO.C18H13N2.Ir/c1-2-6-17-14(5-1)9-10-15-13-16(11-12-18(15)17)21-19-7-3-4-8-20(19)23-22-21;1-20-15-10-6-5-9-14(15)17-16(20)11-12-19-18(17)13-7-3-2-4-8-13;/h1-10,12-13H;2-7,9-12H,1H3;/q2*-1;. The second kappa shape index (κ2) is 11.5. The van der Waals surface area contributed by atoms with Gasteiger partial charge in [-0.25, -0.2) is 0 Å². The maximum atomic E-state index is 5.42. The van der Waals surface area contributed by atoms with Gasteiger partial charge in [0.05, 0.1) is 0 Å². The molecule has 9 aromatic rings. The van der Waals surface area contributed by atoms with Crippen LogP contribution in [-0.2, 0) is 27.2 Å². The van der Waals surface area contributed by atoms with E-state index in [0.29, 0.717) is 0 Å². The molecule has 0 saturated carbocycles. The summed E-state index contributed by atoms with van der Waals surface area (Å²) in [6, 6.07) is 50.0. The molecule has 0 aliphatic carbocycles. The van der Waals surface area contributed by atoms with Crippen LogP contribution in [0.4, 0.5) is 0 Å². The van der Waals surface area contributed by atoms with E-state index >= 15 is 0 Å². The zero-order chi connectivity index (χ0) is 28.8. The summed E-state index contributed by atoms with van der Waals surface area (Å²) in [5.74, 6) is 0. The molecule has 0 saturated heterocycles. The van der Waals surface area contributed by atoms with Gasteiger partial charge in [0.25, 0.3) is 0 Å². The number of hydrogen-bond acceptors (Lipinski definition) is 3. The zero-order valence-electron chi connectivity index (χ0n) is 23.8. The number of benzene rings is 6. The third-order valence-electron chi connectivity index (χ3n) is 8.10. The van der Waals surface area contributed by atoms with Crippen molar-refractivity contribution in [2.45, 2.75) is 0 Å². The average molecular weight is 744 g/mol. The number of aromatic nitrogens is 3. The zero-order valence-corrected chi connectivity index (χ0v) is 26.2. The fourth-order valence-corrected chi connectivity index (χ4v) is 6.01. The van der Waals surface area contributed by atoms with Gasteiger partial charge in [0.1, 0.15) is 0 Å². The Labute approximate surface area is 267 Å². The van der Waals surface area contributed by atoms with Gasteiger partial charge in [-0.05, 0) is 34.7 Å². The number of rotatable bonds is 2. The SMILES string of the molecule is Cn1c2ccccc2c2c(-c3[c-]cccc3)nccc21.[Ir].[c-]1cc2c(ccc3ccccc32)cc1-c1noc2ccccc12. The van der Waals surface area contributed by atoms with E-state index in [9.17, 15) is 0 Å². The number of fused-ring (bicyclic) bond motifs is 7. The molecule has 3 aromatic heterocycles. The monoisotopic (exact) mass is 744 g/mol. The molecule has 0 aliphatic heterocycles. The van der Waals surface area contributed by atoms with Crippen molar-refractivity contribution >= 4 is 54.3 Å². The summed E-state index contributed by atoms with van der Waals surface area (Å²) in [5.41, 5.74) is 7.07. The number of para-hydroxylation sites is 2. The van der Waals surface area contributed by atoms with E-state index in [2.05, 4.69) is 119 Å². The molecule has 0 N–H and O–H groups in total. The summed E-state index contributed by atoms with van der Waals surface area (Å²) < 4.78 is 7.64. The van der Waals surface area contributed by atoms with Crippen LogP contribution in [0.25, 0.3) is 76.8 Å². The summed E-state index contributed by atoms with van der Waals surface area (Å²) in [5, 5.41) is 12.6. The summed E-state index contributed by atoms with van der Waals surface area (Å²) in [4.78, 5) is 4.60. The van der Waals surface area contributed by atoms with Gasteiger partial charge in [-0.15, -0.1) is 70.2 Å². The summed E-state index contributed by atoms with van der Waals surface area (Å²) in [6.07, 6.45) is 1.87. The van der Waals surface area contributed by atoms with Gasteiger partial charge in [0.15, 0.2) is 5.58 Å². The molecule has 0 amide bonds. The summed E-state index contributed by atoms with van der Waals surface area (Å²) in [6.45, 7) is 0. The fourth-order valence-electron chi connectivity index (χ4n) is 6.01. The minimum absolute atomic E-state index is 0. The predicted molar refractivity (Wildman–Crippen MR) is 176 cm³/mol. The topological polar surface area (TPSA) is 43.9 Å². The molecule has 6 aromatic carbocycles. The van der Waals surface area contributed by atoms with Crippen LogP contribution in [0.5, 0.6) is 0 Å². The average Bonchev–Trinajstić information content (AvgIpc) is 3.64. The Morgan fingerprint density at radius 1 is 0.614 bits per heavy atom. The molecule has 0 spiro atoms. The smallest absolute Gasteiger partial charge is 0.157 e. The number of hydrogen-bond donors (Lipinski definition) is 0. The molecule has 1 radical (unpaired) electrons. The first kappa shape index (κ1) is 27.7. The van der Waals surface area contributed by atoms with Crippen LogP contribution in [-0.4, -0.2) is 14.7 Å². The number of aryl methyl sites for hydroxylation is 1. The minimum atomic E-state index is 0. The van der Waals surface area contributed by atoms with Crippen LogP contribution < -0.4 is 0 Å². The van der Waals surface area contributed by atoms with Gasteiger partial charge in [0.2, 0.25) is 0 Å². The van der Waals surface area contributed by atoms with Gasteiger partial charge in [-0.2, -0.15) is 0 Å². The van der Waals surface area contributed by atoms with E-state index in [4.69, 9.17) is 4.52 Å². The van der Waals surface area contributed by atoms with E-state index in [1.807, 2.05) is 48.7 Å². The van der Waals surface area contributed by atoms with Crippen molar-refractivity contribution < 1.29 is 24.6 Å². The second-order valence-corrected chi connectivity index (χ2v) is 10.6. The van der Waals surface area contributed by atoms with Crippen LogP contribution in [0, 0.1) is 12.1 Å². The summed E-state index contributed by atoms with van der Waals surface area (Å²) in [7, 11) is 2.10. The van der Waals surface area contributed by atoms with Gasteiger partial charge in [-0.1, -0.05) is 83.6 Å². The van der Waals surface area contributed by atoms with Gasteiger partial charge < -0.3 is 14.1 Å². The molecule has 4 nitrogen and oxygen atoms in total. The van der Waals surface area contributed by atoms with Crippen molar-refractivity contribution in [2.75, 3.05) is 0 Å². The van der Waals surface area contributed by atoms with Gasteiger partial charge in [0, 0.05) is 60.8 Å². The molecule has 0 unspecified atom stereocenters. The Balaban J connectivity index is 0.000000140. The van der Waals surface area contributed by atoms with E-state index < -0.39 is 0 Å². The molecular weight excluding hydrogens is 719 g/mol. The largest absolute Gasteiger partial charge is 0.366 e. The molecular formula is C39H25IrN3O-2. The first-order valence-electron chi connectivity index (χ1n) is 14.2. The Morgan fingerprint density at radius 2 is 1.36 bits per heavy atom. The van der Waals surface area contributed by atoms with E-state index in [1.165, 1.54) is 43.4 Å². The number of nitrogens with zero attached hydrogens (tertiary/aromatic N) is 3. The molecule has 0 bridgehead atoms. The molecule has 0 atom stereocenters. The minimum Gasteiger partial charge on any atom is -0.366 e. The van der Waals surface area contributed by atoms with Crippen LogP contribution in [0.3, 0.4) is 0 Å². The molecule has 44 heavy (non-hydrogen) atoms. The maximum Gasteiger partial charge on any atom is 0.157 e. The Morgan fingerprint density at radius 3 is 2.23 bits per heavy atom. The van der Waals surface area contributed by atoms with Crippen molar-refractivity contribution in [3.05, 3.63) is 146 Å². The second-order valence-electron chi connectivity index (χ2n) is 10.6. The molecule has 0 aliphatic rings. The molecule has 5 heteroatoms. The third-order valence-corrected chi connectivity index (χ3v) is 8.10. The molecule has 213 valence electrons. The van der Waals surface area contributed by atoms with Crippen molar-refractivity contribution in [1.29, 1.82) is 0 Å². The molecule has 3 heterocycles. The molecule has 0 fully saturated rings. The predicted octanol–water partition coefficient (Wildman–Crippen LogP) is 9.79. The van der Waals surface area contributed by atoms with Crippen molar-refractivity contribution in [3.63, 3.8) is 0 Å². The number of pyridine rings is 1. The Hall–Kier alpha value is -5.09. The van der Waals surface area contributed by atoms with Crippen LogP contribution in [0.1, 0.15) is 0 Å². The van der Waals surface area contributed by atoms with Crippen molar-refractivity contribution in [2.24, 2.45) is 7.05 Å². The van der Waals surface area contributed by atoms with Crippen molar-refractivity contribution in [3.8, 4) is 22.5 Å². The van der Waals surface area contributed by atoms with Gasteiger partial charge >= 0.3 is 0 Å². The Bertz CT molecular complexity index is 2420. The first-order valence-corrected chi connectivity index (χ1v) is 14.2. The van der Waals surface area contributed by atoms with E-state index in [-0.39, 0.29) is 20.1 Å². The Kier molecular flexibility index (Phi) is 7.27. The van der Waals surface area contributed by atoms with Crippen LogP contribution in [0.15, 0.2) is 138 Å². The quantitative estimate of drug-likeness (QED) is 0.131. The van der Waals surface area contributed by atoms with Crippen molar-refractivity contribution in [1.82, 2.24) is 14.7 Å². The third kappa shape index (κ3) is 4.67. The van der Waals surface area contributed by atoms with E-state index in [0.717, 1.165) is 33.5 Å². The van der Waals surface area contributed by atoms with Gasteiger partial charge in [-0.3, -0.25) is 0 Å². The fraction of sp³-hybridized carbons (Fsp3) is 0.0256. The molecule has 9 rings (SSSR count). The normalized spacial score (nSPS) is 11.1. The van der Waals surface area contributed by atoms with Crippen LogP contribution >= 0.6 is 0 Å². The van der Waals surface area contributed by atoms with E-state index in [1.54, 1.807) is 0 Å².